The van der Waals surface area contributed by atoms with Crippen LogP contribution in [0.25, 0.3) is 10.6 Å². The number of nitrogens with zero attached hydrogens (tertiary/aromatic N) is 3. The largest absolute Gasteiger partial charge is 0.300 e. The quantitative estimate of drug-likeness (QED) is 0.401. The zero-order valence-corrected chi connectivity index (χ0v) is 14.4. The van der Waals surface area contributed by atoms with Crippen LogP contribution in [0.4, 0.5) is 10.8 Å². The summed E-state index contributed by atoms with van der Waals surface area (Å²) in [5.74, 6) is 0.0750. The second kappa shape index (κ2) is 7.86. The van der Waals surface area contributed by atoms with Gasteiger partial charge in [0.05, 0.1) is 10.7 Å². The Bertz CT molecular complexity index is 899. The molecule has 0 saturated heterocycles. The molecular formula is C16H12N4O3S2. The van der Waals surface area contributed by atoms with Crippen LogP contribution in [0.2, 0.25) is 0 Å². The smallest absolute Gasteiger partial charge is 0.270 e. The Morgan fingerprint density at radius 1 is 1.16 bits per heavy atom. The Balaban J connectivity index is 1.62. The fraction of sp³-hybridized carbons (Fsp3) is 0.0625. The number of nitro benzene ring substituents is 1. The molecule has 2 aromatic carbocycles. The van der Waals surface area contributed by atoms with E-state index >= 15 is 0 Å². The average Bonchev–Trinajstić information content (AvgIpc) is 3.09. The SMILES string of the molecule is O=C(CSc1ccccc1)Nc1nnc(-c2cccc([N+](=O)[O-])c2)s1. The summed E-state index contributed by atoms with van der Waals surface area (Å²) in [4.78, 5) is 23.4. The Morgan fingerprint density at radius 3 is 2.72 bits per heavy atom. The van der Waals surface area contributed by atoms with Crippen molar-refractivity contribution in [3.05, 3.63) is 64.7 Å². The first kappa shape index (κ1) is 17.1. The Labute approximate surface area is 151 Å². The molecule has 1 N–H and O–H groups in total. The molecule has 0 unspecified atom stereocenters. The van der Waals surface area contributed by atoms with Gasteiger partial charge in [-0.05, 0) is 12.1 Å². The molecule has 0 bridgehead atoms. The number of nitrogens with one attached hydrogen (secondary N) is 1. The number of aromatic nitrogens is 2. The Kier molecular flexibility index (Phi) is 5.36. The number of carbonyl (C=O) groups is 1. The predicted molar refractivity (Wildman–Crippen MR) is 97.8 cm³/mol. The summed E-state index contributed by atoms with van der Waals surface area (Å²) >= 11 is 2.60. The zero-order chi connectivity index (χ0) is 17.6. The minimum atomic E-state index is -0.464. The summed E-state index contributed by atoms with van der Waals surface area (Å²) in [5, 5.41) is 22.3. The molecule has 0 fully saturated rings. The molecule has 9 heteroatoms. The molecule has 0 aliphatic carbocycles. The maximum absolute atomic E-state index is 12.0. The first-order valence-corrected chi connectivity index (χ1v) is 8.98. The minimum Gasteiger partial charge on any atom is -0.300 e. The number of hydrogen-bond donors (Lipinski definition) is 1. The summed E-state index contributed by atoms with van der Waals surface area (Å²) < 4.78 is 0. The van der Waals surface area contributed by atoms with Crippen LogP contribution in [0.1, 0.15) is 0 Å². The number of hydrogen-bond acceptors (Lipinski definition) is 7. The van der Waals surface area contributed by atoms with Crippen LogP contribution in [0.15, 0.2) is 59.5 Å². The van der Waals surface area contributed by atoms with Gasteiger partial charge in [0, 0.05) is 22.6 Å². The number of carbonyl (C=O) groups excluding carboxylic acids is 1. The monoisotopic (exact) mass is 372 g/mol. The van der Waals surface area contributed by atoms with E-state index in [0.29, 0.717) is 15.7 Å². The van der Waals surface area contributed by atoms with Gasteiger partial charge in [-0.15, -0.1) is 22.0 Å². The molecule has 3 rings (SSSR count). The van der Waals surface area contributed by atoms with E-state index in [1.807, 2.05) is 30.3 Å². The minimum absolute atomic E-state index is 0.0162. The number of amides is 1. The van der Waals surface area contributed by atoms with Gasteiger partial charge in [-0.25, -0.2) is 0 Å². The number of anilines is 1. The number of nitro groups is 1. The lowest BCUT2D eigenvalue weighted by Gasteiger charge is -2.01. The molecule has 0 radical (unpaired) electrons. The summed E-state index contributed by atoms with van der Waals surface area (Å²) in [6, 6.07) is 15.7. The van der Waals surface area contributed by atoms with Gasteiger partial charge in [-0.1, -0.05) is 41.7 Å². The molecule has 0 saturated carbocycles. The predicted octanol–water partition coefficient (Wildman–Crippen LogP) is 3.84. The van der Waals surface area contributed by atoms with Gasteiger partial charge >= 0.3 is 0 Å². The molecule has 0 atom stereocenters. The number of benzene rings is 2. The van der Waals surface area contributed by atoms with E-state index in [4.69, 9.17) is 0 Å². The molecule has 1 heterocycles. The molecule has 0 aliphatic rings. The maximum atomic E-state index is 12.0. The van der Waals surface area contributed by atoms with Crippen LogP contribution in [-0.4, -0.2) is 26.8 Å². The van der Waals surface area contributed by atoms with Gasteiger partial charge in [-0.2, -0.15) is 0 Å². The topological polar surface area (TPSA) is 98.0 Å². The molecule has 1 amide bonds. The molecule has 3 aromatic rings. The Morgan fingerprint density at radius 2 is 1.96 bits per heavy atom. The van der Waals surface area contributed by atoms with Gasteiger partial charge < -0.3 is 0 Å². The van der Waals surface area contributed by atoms with Crippen LogP contribution in [0, 0.1) is 10.1 Å². The van der Waals surface area contributed by atoms with Gasteiger partial charge in [0.2, 0.25) is 11.0 Å². The summed E-state index contributed by atoms with van der Waals surface area (Å²) in [7, 11) is 0. The third kappa shape index (κ3) is 4.61. The van der Waals surface area contributed by atoms with Gasteiger partial charge in [0.15, 0.2) is 0 Å². The summed E-state index contributed by atoms with van der Waals surface area (Å²) in [6.07, 6.45) is 0. The van der Waals surface area contributed by atoms with Gasteiger partial charge in [0.25, 0.3) is 5.69 Å². The normalized spacial score (nSPS) is 10.4. The van der Waals surface area contributed by atoms with E-state index in [-0.39, 0.29) is 17.3 Å². The van der Waals surface area contributed by atoms with E-state index in [1.54, 1.807) is 12.1 Å². The highest BCUT2D eigenvalue weighted by Crippen LogP contribution is 2.29. The van der Waals surface area contributed by atoms with E-state index in [2.05, 4.69) is 15.5 Å². The van der Waals surface area contributed by atoms with Crippen molar-refractivity contribution in [2.24, 2.45) is 0 Å². The van der Waals surface area contributed by atoms with Crippen LogP contribution in [-0.2, 0) is 4.79 Å². The molecular weight excluding hydrogens is 360 g/mol. The first-order chi connectivity index (χ1) is 12.1. The summed E-state index contributed by atoms with van der Waals surface area (Å²) in [6.45, 7) is 0. The van der Waals surface area contributed by atoms with E-state index < -0.39 is 4.92 Å². The van der Waals surface area contributed by atoms with Gasteiger partial charge in [0.1, 0.15) is 5.01 Å². The molecule has 0 spiro atoms. The van der Waals surface area contributed by atoms with Crippen molar-refractivity contribution in [1.29, 1.82) is 0 Å². The van der Waals surface area contributed by atoms with Gasteiger partial charge in [-0.3, -0.25) is 20.2 Å². The second-order valence-corrected chi connectivity index (χ2v) is 6.90. The molecule has 7 nitrogen and oxygen atoms in total. The third-order valence-corrected chi connectivity index (χ3v) is 4.99. The highest BCUT2D eigenvalue weighted by molar-refractivity contribution is 8.00. The Hall–Kier alpha value is -2.78. The van der Waals surface area contributed by atoms with Crippen LogP contribution in [0.5, 0.6) is 0 Å². The fourth-order valence-electron chi connectivity index (χ4n) is 1.96. The van der Waals surface area contributed by atoms with Crippen molar-refractivity contribution in [3.63, 3.8) is 0 Å². The summed E-state index contributed by atoms with van der Waals surface area (Å²) in [5.41, 5.74) is 0.573. The lowest BCUT2D eigenvalue weighted by molar-refractivity contribution is -0.384. The van der Waals surface area contributed by atoms with E-state index in [0.717, 1.165) is 4.90 Å². The maximum Gasteiger partial charge on any atom is 0.270 e. The number of thioether (sulfide) groups is 1. The van der Waals surface area contributed by atoms with Crippen molar-refractivity contribution in [3.8, 4) is 10.6 Å². The molecule has 0 aliphatic heterocycles. The molecule has 1 aromatic heterocycles. The number of non-ortho nitro benzene ring substituents is 1. The second-order valence-electron chi connectivity index (χ2n) is 4.87. The van der Waals surface area contributed by atoms with Crippen LogP contribution < -0.4 is 5.32 Å². The fourth-order valence-corrected chi connectivity index (χ4v) is 3.44. The first-order valence-electron chi connectivity index (χ1n) is 7.18. The molecule has 25 heavy (non-hydrogen) atoms. The third-order valence-electron chi connectivity index (χ3n) is 3.09. The molecule has 126 valence electrons. The van der Waals surface area contributed by atoms with Crippen LogP contribution >= 0.6 is 23.1 Å². The van der Waals surface area contributed by atoms with E-state index in [1.165, 1.54) is 35.2 Å². The van der Waals surface area contributed by atoms with Crippen molar-refractivity contribution >= 4 is 39.8 Å². The van der Waals surface area contributed by atoms with Crippen molar-refractivity contribution < 1.29 is 9.72 Å². The van der Waals surface area contributed by atoms with Crippen molar-refractivity contribution in [2.75, 3.05) is 11.1 Å². The van der Waals surface area contributed by atoms with Crippen molar-refractivity contribution in [2.45, 2.75) is 4.90 Å². The van der Waals surface area contributed by atoms with E-state index in [9.17, 15) is 14.9 Å². The highest BCUT2D eigenvalue weighted by atomic mass is 32.2. The van der Waals surface area contributed by atoms with Crippen LogP contribution in [0.3, 0.4) is 0 Å². The standard InChI is InChI=1S/C16H12N4O3S2/c21-14(10-24-13-7-2-1-3-8-13)17-16-19-18-15(25-16)11-5-4-6-12(9-11)20(22)23/h1-9H,10H2,(H,17,19,21). The lowest BCUT2D eigenvalue weighted by atomic mass is 10.2. The highest BCUT2D eigenvalue weighted by Gasteiger charge is 2.13. The average molecular weight is 372 g/mol. The van der Waals surface area contributed by atoms with Crippen molar-refractivity contribution in [1.82, 2.24) is 10.2 Å². The lowest BCUT2D eigenvalue weighted by Crippen LogP contribution is -2.13. The number of rotatable bonds is 6. The zero-order valence-electron chi connectivity index (χ0n) is 12.8.